The van der Waals surface area contributed by atoms with Gasteiger partial charge in [0.05, 0.1) is 12.7 Å². The van der Waals surface area contributed by atoms with E-state index in [1.807, 2.05) is 0 Å². The summed E-state index contributed by atoms with van der Waals surface area (Å²) in [7, 11) is 1.07. The van der Waals surface area contributed by atoms with Crippen LogP contribution in [0.1, 0.15) is 11.1 Å². The third-order valence-electron chi connectivity index (χ3n) is 1.51. The van der Waals surface area contributed by atoms with Crippen molar-refractivity contribution < 1.29 is 17.9 Å². The molecule has 0 aliphatic carbocycles. The van der Waals surface area contributed by atoms with E-state index in [1.54, 1.807) is 0 Å². The lowest BCUT2D eigenvalue weighted by Gasteiger charge is -2.11. The Kier molecular flexibility index (Phi) is 2.60. The van der Waals surface area contributed by atoms with Gasteiger partial charge in [0, 0.05) is 6.20 Å². The molecule has 0 unspecified atom stereocenters. The lowest BCUT2D eigenvalue weighted by molar-refractivity contribution is -0.139. The first-order chi connectivity index (χ1) is 6.50. The van der Waals surface area contributed by atoms with Gasteiger partial charge in [0.1, 0.15) is 11.6 Å². The monoisotopic (exact) mass is 202 g/mol. The molecule has 1 aromatic rings. The van der Waals surface area contributed by atoms with Gasteiger partial charge in [-0.05, 0) is 6.07 Å². The third-order valence-corrected chi connectivity index (χ3v) is 1.51. The molecule has 0 saturated heterocycles. The molecule has 74 valence electrons. The van der Waals surface area contributed by atoms with E-state index in [0.29, 0.717) is 0 Å². The maximum Gasteiger partial charge on any atom is 0.422 e. The summed E-state index contributed by atoms with van der Waals surface area (Å²) in [6.07, 6.45) is -3.54. The van der Waals surface area contributed by atoms with Crippen molar-refractivity contribution in [3.05, 3.63) is 23.4 Å². The van der Waals surface area contributed by atoms with Gasteiger partial charge in [-0.2, -0.15) is 18.4 Å². The molecular formula is C8H5F3N2O. The summed E-state index contributed by atoms with van der Waals surface area (Å²) in [6, 6.07) is 2.43. The minimum atomic E-state index is -4.63. The molecule has 0 fully saturated rings. The van der Waals surface area contributed by atoms with Gasteiger partial charge in [0.25, 0.3) is 0 Å². The summed E-state index contributed by atoms with van der Waals surface area (Å²) in [6.45, 7) is 0. The molecule has 0 amide bonds. The second kappa shape index (κ2) is 3.54. The number of rotatable bonds is 1. The highest BCUT2D eigenvalue weighted by Gasteiger charge is 2.38. The van der Waals surface area contributed by atoms with Crippen molar-refractivity contribution >= 4 is 0 Å². The minimum absolute atomic E-state index is 0.496. The van der Waals surface area contributed by atoms with Crippen LogP contribution >= 0.6 is 0 Å². The molecule has 0 bridgehead atoms. The Labute approximate surface area is 77.7 Å². The van der Waals surface area contributed by atoms with Crippen LogP contribution in [0.25, 0.3) is 0 Å². The number of aromatic nitrogens is 1. The van der Waals surface area contributed by atoms with Gasteiger partial charge in [0.2, 0.25) is 5.88 Å². The number of pyridine rings is 1. The fraction of sp³-hybridized carbons (Fsp3) is 0.250. The molecule has 0 atom stereocenters. The lowest BCUT2D eigenvalue weighted by atomic mass is 10.1. The quantitative estimate of drug-likeness (QED) is 0.699. The number of nitriles is 1. The fourth-order valence-electron chi connectivity index (χ4n) is 0.964. The standard InChI is InChI=1S/C8H5F3N2O/c1-14-7-6(8(9,10)11)5(4-12)2-3-13-7/h2-3H,1H3. The number of alkyl halides is 3. The van der Waals surface area contributed by atoms with Gasteiger partial charge in [-0.3, -0.25) is 0 Å². The van der Waals surface area contributed by atoms with Crippen LogP contribution in [0.15, 0.2) is 12.3 Å². The van der Waals surface area contributed by atoms with E-state index < -0.39 is 23.2 Å². The number of hydrogen-bond donors (Lipinski definition) is 0. The first-order valence-electron chi connectivity index (χ1n) is 3.51. The molecule has 1 rings (SSSR count). The summed E-state index contributed by atoms with van der Waals surface area (Å²) in [5.74, 6) is -0.587. The van der Waals surface area contributed by atoms with Crippen LogP contribution in [0.2, 0.25) is 0 Å². The number of halogens is 3. The molecule has 6 heteroatoms. The molecule has 0 saturated carbocycles. The molecule has 1 heterocycles. The van der Waals surface area contributed by atoms with Crippen LogP contribution in [0.3, 0.4) is 0 Å². The topological polar surface area (TPSA) is 45.9 Å². The van der Waals surface area contributed by atoms with Crippen molar-refractivity contribution in [1.82, 2.24) is 4.98 Å². The van der Waals surface area contributed by atoms with E-state index >= 15 is 0 Å². The number of methoxy groups -OCH3 is 1. The summed E-state index contributed by atoms with van der Waals surface area (Å²) in [5, 5.41) is 8.47. The second-order valence-corrected chi connectivity index (χ2v) is 2.35. The van der Waals surface area contributed by atoms with Crippen molar-refractivity contribution in [2.75, 3.05) is 7.11 Å². The zero-order valence-electron chi connectivity index (χ0n) is 7.09. The zero-order valence-corrected chi connectivity index (χ0v) is 7.09. The Hall–Kier alpha value is -1.77. The van der Waals surface area contributed by atoms with Gasteiger partial charge in [-0.1, -0.05) is 0 Å². The number of ether oxygens (including phenoxy) is 1. The summed E-state index contributed by atoms with van der Waals surface area (Å²) in [4.78, 5) is 3.38. The first-order valence-corrected chi connectivity index (χ1v) is 3.51. The molecule has 0 radical (unpaired) electrons. The van der Waals surface area contributed by atoms with E-state index in [-0.39, 0.29) is 0 Å². The molecule has 0 aliphatic heterocycles. The summed E-state index contributed by atoms with van der Waals surface area (Å²) < 4.78 is 41.7. The summed E-state index contributed by atoms with van der Waals surface area (Å²) in [5.41, 5.74) is -1.63. The largest absolute Gasteiger partial charge is 0.481 e. The SMILES string of the molecule is COc1nccc(C#N)c1C(F)(F)F. The van der Waals surface area contributed by atoms with Gasteiger partial charge in [0.15, 0.2) is 0 Å². The van der Waals surface area contributed by atoms with E-state index in [0.717, 1.165) is 19.4 Å². The highest BCUT2D eigenvalue weighted by Crippen LogP contribution is 2.36. The van der Waals surface area contributed by atoms with Crippen molar-refractivity contribution in [3.63, 3.8) is 0 Å². The predicted octanol–water partition coefficient (Wildman–Crippen LogP) is 1.98. The van der Waals surface area contributed by atoms with E-state index in [4.69, 9.17) is 5.26 Å². The number of hydrogen-bond acceptors (Lipinski definition) is 3. The van der Waals surface area contributed by atoms with E-state index in [9.17, 15) is 13.2 Å². The van der Waals surface area contributed by atoms with Crippen LogP contribution in [0.4, 0.5) is 13.2 Å². The van der Waals surface area contributed by atoms with E-state index in [1.165, 1.54) is 6.07 Å². The maximum absolute atomic E-state index is 12.4. The van der Waals surface area contributed by atoms with Crippen LogP contribution in [0.5, 0.6) is 5.88 Å². The smallest absolute Gasteiger partial charge is 0.422 e. The molecule has 1 aromatic heterocycles. The molecular weight excluding hydrogens is 197 g/mol. The fourth-order valence-corrected chi connectivity index (χ4v) is 0.964. The molecule has 3 nitrogen and oxygen atoms in total. The summed E-state index contributed by atoms with van der Waals surface area (Å²) >= 11 is 0. The van der Waals surface area contributed by atoms with Crippen molar-refractivity contribution in [2.45, 2.75) is 6.18 Å². The number of nitrogens with zero attached hydrogens (tertiary/aromatic N) is 2. The van der Waals surface area contributed by atoms with Crippen LogP contribution < -0.4 is 4.74 Å². The van der Waals surface area contributed by atoms with Crippen LogP contribution in [-0.2, 0) is 6.18 Å². The molecule has 0 spiro atoms. The van der Waals surface area contributed by atoms with Gasteiger partial charge < -0.3 is 4.74 Å². The maximum atomic E-state index is 12.4. The lowest BCUT2D eigenvalue weighted by Crippen LogP contribution is -2.11. The third kappa shape index (κ3) is 1.76. The average molecular weight is 202 g/mol. The Morgan fingerprint density at radius 2 is 2.14 bits per heavy atom. The predicted molar refractivity (Wildman–Crippen MR) is 40.5 cm³/mol. The molecule has 0 aromatic carbocycles. The Morgan fingerprint density at radius 3 is 2.57 bits per heavy atom. The van der Waals surface area contributed by atoms with Crippen LogP contribution in [0, 0.1) is 11.3 Å². The van der Waals surface area contributed by atoms with Gasteiger partial charge in [-0.25, -0.2) is 4.98 Å². The van der Waals surface area contributed by atoms with Crippen molar-refractivity contribution in [3.8, 4) is 11.9 Å². The molecule has 0 aliphatic rings. The normalized spacial score (nSPS) is 10.8. The second-order valence-electron chi connectivity index (χ2n) is 2.35. The average Bonchev–Trinajstić information content (AvgIpc) is 2.15. The van der Waals surface area contributed by atoms with Crippen LogP contribution in [-0.4, -0.2) is 12.1 Å². The highest BCUT2D eigenvalue weighted by molar-refractivity contribution is 5.44. The Balaban J connectivity index is 3.44. The van der Waals surface area contributed by atoms with Gasteiger partial charge in [-0.15, -0.1) is 0 Å². The first kappa shape index (κ1) is 10.3. The Bertz CT molecular complexity index is 381. The van der Waals surface area contributed by atoms with Crippen molar-refractivity contribution in [2.24, 2.45) is 0 Å². The minimum Gasteiger partial charge on any atom is -0.481 e. The van der Waals surface area contributed by atoms with Gasteiger partial charge >= 0.3 is 6.18 Å². The Morgan fingerprint density at radius 1 is 1.50 bits per heavy atom. The molecule has 0 N–H and O–H groups in total. The van der Waals surface area contributed by atoms with E-state index in [2.05, 4.69) is 9.72 Å². The highest BCUT2D eigenvalue weighted by atomic mass is 19.4. The zero-order chi connectivity index (χ0) is 10.8. The molecule has 14 heavy (non-hydrogen) atoms. The van der Waals surface area contributed by atoms with Crippen molar-refractivity contribution in [1.29, 1.82) is 5.26 Å².